The van der Waals surface area contributed by atoms with Gasteiger partial charge in [-0.2, -0.15) is 4.98 Å². The van der Waals surface area contributed by atoms with Gasteiger partial charge >= 0.3 is 6.09 Å². The number of nitrogens with one attached hydrogen (secondary N) is 1. The highest BCUT2D eigenvalue weighted by molar-refractivity contribution is 5.88. The Hall–Kier alpha value is -2.24. The highest BCUT2D eigenvalue weighted by atomic mass is 16.6. The summed E-state index contributed by atoms with van der Waals surface area (Å²) >= 11 is 0. The molecule has 0 saturated heterocycles. The quantitative estimate of drug-likeness (QED) is 0.865. The minimum absolute atomic E-state index is 0.215. The number of fused-ring (bicyclic) bond motifs is 1. The van der Waals surface area contributed by atoms with Crippen LogP contribution in [-0.2, 0) is 0 Å². The average molecular weight is 248 g/mol. The first kappa shape index (κ1) is 12.2. The van der Waals surface area contributed by atoms with Crippen molar-refractivity contribution in [2.24, 2.45) is 5.73 Å². The summed E-state index contributed by atoms with van der Waals surface area (Å²) in [7, 11) is 0. The van der Waals surface area contributed by atoms with E-state index in [0.717, 1.165) is 24.3 Å². The first-order valence-electron chi connectivity index (χ1n) is 5.86. The Labute approximate surface area is 105 Å². The van der Waals surface area contributed by atoms with Crippen molar-refractivity contribution in [1.29, 1.82) is 0 Å². The lowest BCUT2D eigenvalue weighted by Gasteiger charge is -2.20. The molecule has 0 atom stereocenters. The zero-order chi connectivity index (χ0) is 13.1. The van der Waals surface area contributed by atoms with Gasteiger partial charge in [0.05, 0.1) is 0 Å². The maximum Gasteiger partial charge on any atom is 0.411 e. The molecule has 2 aromatic heterocycles. The number of aromatic nitrogens is 2. The molecule has 6 heteroatoms. The lowest BCUT2D eigenvalue weighted by Crippen LogP contribution is -2.24. The van der Waals surface area contributed by atoms with Crippen LogP contribution in [0, 0.1) is 0 Å². The molecule has 2 heterocycles. The monoisotopic (exact) mass is 248 g/mol. The van der Waals surface area contributed by atoms with Crippen LogP contribution in [-0.4, -0.2) is 29.2 Å². The van der Waals surface area contributed by atoms with Gasteiger partial charge in [-0.05, 0) is 26.0 Å². The van der Waals surface area contributed by atoms with Gasteiger partial charge in [-0.25, -0.2) is 4.79 Å². The number of ether oxygens (including phenoxy) is 1. The number of rotatable bonds is 4. The molecule has 0 saturated carbocycles. The molecule has 0 bridgehead atoms. The van der Waals surface area contributed by atoms with Gasteiger partial charge in [0.1, 0.15) is 11.3 Å². The lowest BCUT2D eigenvalue weighted by atomic mass is 10.3. The zero-order valence-electron chi connectivity index (χ0n) is 10.4. The van der Waals surface area contributed by atoms with Gasteiger partial charge in [0.2, 0.25) is 0 Å². The molecule has 1 amide bonds. The van der Waals surface area contributed by atoms with E-state index in [1.807, 2.05) is 26.0 Å². The predicted octanol–water partition coefficient (Wildman–Crippen LogP) is 1.87. The largest absolute Gasteiger partial charge is 0.411 e. The molecule has 0 aliphatic heterocycles. The van der Waals surface area contributed by atoms with E-state index in [1.165, 1.54) is 0 Å². The lowest BCUT2D eigenvalue weighted by molar-refractivity contribution is 0.209. The maximum atomic E-state index is 10.9. The molecule has 2 rings (SSSR count). The average Bonchev–Trinajstić information content (AvgIpc) is 2.78. The molecule has 96 valence electrons. The fourth-order valence-electron chi connectivity index (χ4n) is 1.90. The van der Waals surface area contributed by atoms with Gasteiger partial charge in [-0.15, -0.1) is 0 Å². The van der Waals surface area contributed by atoms with Gasteiger partial charge in [0.15, 0.2) is 0 Å². The van der Waals surface area contributed by atoms with Crippen molar-refractivity contribution in [3.8, 4) is 5.88 Å². The fourth-order valence-corrected chi connectivity index (χ4v) is 1.90. The van der Waals surface area contributed by atoms with Crippen molar-refractivity contribution in [2.45, 2.75) is 13.8 Å². The summed E-state index contributed by atoms with van der Waals surface area (Å²) < 4.78 is 4.94. The maximum absolute atomic E-state index is 10.9. The number of hydrogen-bond donors (Lipinski definition) is 2. The molecule has 3 N–H and O–H groups in total. The number of H-pyrrole nitrogens is 1. The molecule has 6 nitrogen and oxygen atoms in total. The van der Waals surface area contributed by atoms with E-state index in [0.29, 0.717) is 5.52 Å². The number of carbonyl (C=O) groups excluding carboxylic acids is 1. The fraction of sp³-hybridized carbons (Fsp3) is 0.333. The molecular formula is C12H16N4O2. The van der Waals surface area contributed by atoms with Crippen LogP contribution in [0.3, 0.4) is 0 Å². The number of primary amides is 1. The molecular weight excluding hydrogens is 232 g/mol. The Morgan fingerprint density at radius 2 is 2.22 bits per heavy atom. The number of aromatic amines is 1. The number of anilines is 1. The molecule has 0 unspecified atom stereocenters. The van der Waals surface area contributed by atoms with Crippen molar-refractivity contribution in [3.63, 3.8) is 0 Å². The Kier molecular flexibility index (Phi) is 3.36. The molecule has 0 aliphatic rings. The van der Waals surface area contributed by atoms with Crippen LogP contribution >= 0.6 is 0 Å². The number of pyridine rings is 1. The molecule has 0 spiro atoms. The molecule has 0 aliphatic carbocycles. The standard InChI is InChI=1S/C12H16N4O2/c1-3-16(4-2)9-7-8-5-6-14-10(8)11(15-9)18-12(13)17/h5-7,14H,3-4H2,1-2H3,(H2,13,17). The number of nitrogens with zero attached hydrogens (tertiary/aromatic N) is 2. The van der Waals surface area contributed by atoms with Crippen molar-refractivity contribution in [1.82, 2.24) is 9.97 Å². The highest BCUT2D eigenvalue weighted by Gasteiger charge is 2.13. The summed E-state index contributed by atoms with van der Waals surface area (Å²) in [5, 5.41) is 0.933. The normalized spacial score (nSPS) is 10.6. The van der Waals surface area contributed by atoms with E-state index < -0.39 is 6.09 Å². The van der Waals surface area contributed by atoms with Gasteiger partial charge in [-0.3, -0.25) is 0 Å². The second kappa shape index (κ2) is 4.95. The zero-order valence-corrected chi connectivity index (χ0v) is 10.4. The van der Waals surface area contributed by atoms with E-state index in [4.69, 9.17) is 10.5 Å². The summed E-state index contributed by atoms with van der Waals surface area (Å²) in [6.45, 7) is 5.74. The summed E-state index contributed by atoms with van der Waals surface area (Å²) in [6.07, 6.45) is 0.904. The van der Waals surface area contributed by atoms with E-state index in [9.17, 15) is 4.79 Å². The van der Waals surface area contributed by atoms with Crippen LogP contribution in [0.1, 0.15) is 13.8 Å². The smallest absolute Gasteiger partial charge is 0.389 e. The second-order valence-electron chi connectivity index (χ2n) is 3.82. The highest BCUT2D eigenvalue weighted by Crippen LogP contribution is 2.27. The van der Waals surface area contributed by atoms with E-state index in [-0.39, 0.29) is 5.88 Å². The summed E-state index contributed by atoms with van der Waals surface area (Å²) in [6, 6.07) is 3.85. The third kappa shape index (κ3) is 2.22. The first-order chi connectivity index (χ1) is 8.65. The molecule has 18 heavy (non-hydrogen) atoms. The van der Waals surface area contributed by atoms with Crippen molar-refractivity contribution < 1.29 is 9.53 Å². The Morgan fingerprint density at radius 1 is 1.50 bits per heavy atom. The summed E-state index contributed by atoms with van der Waals surface area (Å²) in [4.78, 5) is 20.3. The molecule has 0 aromatic carbocycles. The number of nitrogens with two attached hydrogens (primary N) is 1. The predicted molar refractivity (Wildman–Crippen MR) is 69.9 cm³/mol. The van der Waals surface area contributed by atoms with Crippen LogP contribution in [0.5, 0.6) is 5.88 Å². The van der Waals surface area contributed by atoms with E-state index in [2.05, 4.69) is 14.9 Å². The van der Waals surface area contributed by atoms with Crippen molar-refractivity contribution in [2.75, 3.05) is 18.0 Å². The van der Waals surface area contributed by atoms with Gasteiger partial charge < -0.3 is 20.4 Å². The minimum Gasteiger partial charge on any atom is -0.389 e. The third-order valence-corrected chi connectivity index (χ3v) is 2.78. The Bertz CT molecular complexity index is 560. The SMILES string of the molecule is CCN(CC)c1cc2cc[nH]c2c(OC(N)=O)n1. The minimum atomic E-state index is -0.866. The number of amides is 1. The Morgan fingerprint density at radius 3 is 2.83 bits per heavy atom. The first-order valence-corrected chi connectivity index (χ1v) is 5.86. The van der Waals surface area contributed by atoms with Crippen molar-refractivity contribution >= 4 is 22.8 Å². The van der Waals surface area contributed by atoms with Gasteiger partial charge in [-0.1, -0.05) is 0 Å². The van der Waals surface area contributed by atoms with Gasteiger partial charge in [0, 0.05) is 24.7 Å². The van der Waals surface area contributed by atoms with Crippen LogP contribution < -0.4 is 15.4 Å². The third-order valence-electron chi connectivity index (χ3n) is 2.78. The van der Waals surface area contributed by atoms with Crippen LogP contribution in [0.25, 0.3) is 10.9 Å². The van der Waals surface area contributed by atoms with Crippen LogP contribution in [0.2, 0.25) is 0 Å². The molecule has 0 radical (unpaired) electrons. The summed E-state index contributed by atoms with van der Waals surface area (Å²) in [5.74, 6) is 0.982. The Balaban J connectivity index is 2.52. The molecule has 0 fully saturated rings. The van der Waals surface area contributed by atoms with Crippen molar-refractivity contribution in [3.05, 3.63) is 18.3 Å². The van der Waals surface area contributed by atoms with Crippen LogP contribution in [0.4, 0.5) is 10.6 Å². The number of hydrogen-bond acceptors (Lipinski definition) is 4. The van der Waals surface area contributed by atoms with E-state index in [1.54, 1.807) is 6.20 Å². The van der Waals surface area contributed by atoms with E-state index >= 15 is 0 Å². The summed E-state index contributed by atoms with van der Waals surface area (Å²) in [5.41, 5.74) is 5.72. The number of carbonyl (C=O) groups is 1. The second-order valence-corrected chi connectivity index (χ2v) is 3.82. The molecule has 2 aromatic rings. The topological polar surface area (TPSA) is 84.2 Å². The van der Waals surface area contributed by atoms with Crippen LogP contribution in [0.15, 0.2) is 18.3 Å². The van der Waals surface area contributed by atoms with Gasteiger partial charge in [0.25, 0.3) is 5.88 Å².